The van der Waals surface area contributed by atoms with Crippen LogP contribution < -0.4 is 0 Å². The third-order valence-corrected chi connectivity index (χ3v) is 2.74. The molecule has 0 spiro atoms. The molecule has 17 heavy (non-hydrogen) atoms. The molecule has 88 valence electrons. The van der Waals surface area contributed by atoms with E-state index in [1.165, 1.54) is 12.1 Å². The van der Waals surface area contributed by atoms with E-state index in [0.717, 1.165) is 29.5 Å². The summed E-state index contributed by atoms with van der Waals surface area (Å²) < 4.78 is 18.9. The molecule has 0 aliphatic heterocycles. The normalized spacial score (nSPS) is 14.6. The average molecular weight is 230 g/mol. The van der Waals surface area contributed by atoms with Crippen LogP contribution in [0, 0.1) is 5.82 Å². The van der Waals surface area contributed by atoms with E-state index < -0.39 is 0 Å². The smallest absolute Gasteiger partial charge is 0.127 e. The summed E-state index contributed by atoms with van der Waals surface area (Å²) in [7, 11) is 0. The molecule has 0 fully saturated rings. The molecule has 1 aliphatic rings. The lowest BCUT2D eigenvalue weighted by Gasteiger charge is -2.11. The SMILES string of the molecule is C=CCOC1=CC(=C)CCc2ccc(F)cc21. The highest BCUT2D eigenvalue weighted by Crippen LogP contribution is 2.28. The third-order valence-electron chi connectivity index (χ3n) is 2.74. The van der Waals surface area contributed by atoms with Gasteiger partial charge in [-0.05, 0) is 36.6 Å². The Morgan fingerprint density at radius 1 is 1.35 bits per heavy atom. The molecule has 0 unspecified atom stereocenters. The Labute approximate surface area is 101 Å². The molecule has 0 radical (unpaired) electrons. The lowest BCUT2D eigenvalue weighted by atomic mass is 10.0. The predicted molar refractivity (Wildman–Crippen MR) is 68.0 cm³/mol. The quantitative estimate of drug-likeness (QED) is 0.716. The standard InChI is InChI=1S/C15H15FO/c1-3-8-17-15-9-11(2)4-5-12-6-7-13(16)10-14(12)15/h3,6-7,9-10H,1-2,4-5,8H2. The number of ether oxygens (including phenoxy) is 1. The number of fused-ring (bicyclic) bond motifs is 1. The molecule has 0 atom stereocenters. The van der Waals surface area contributed by atoms with Crippen LogP contribution in [0.25, 0.3) is 5.76 Å². The summed E-state index contributed by atoms with van der Waals surface area (Å²) >= 11 is 0. The Hall–Kier alpha value is -1.83. The molecule has 1 nitrogen and oxygen atoms in total. The highest BCUT2D eigenvalue weighted by Gasteiger charge is 2.14. The number of rotatable bonds is 3. The van der Waals surface area contributed by atoms with Gasteiger partial charge in [-0.2, -0.15) is 0 Å². The van der Waals surface area contributed by atoms with Gasteiger partial charge in [0.05, 0.1) is 0 Å². The van der Waals surface area contributed by atoms with Crippen molar-refractivity contribution in [1.29, 1.82) is 0 Å². The molecular formula is C15H15FO. The van der Waals surface area contributed by atoms with E-state index in [9.17, 15) is 4.39 Å². The Kier molecular flexibility index (Phi) is 3.43. The van der Waals surface area contributed by atoms with Gasteiger partial charge in [0.15, 0.2) is 0 Å². The van der Waals surface area contributed by atoms with Crippen molar-refractivity contribution in [3.63, 3.8) is 0 Å². The zero-order chi connectivity index (χ0) is 12.3. The van der Waals surface area contributed by atoms with Gasteiger partial charge in [0.2, 0.25) is 0 Å². The maximum atomic E-state index is 13.3. The van der Waals surface area contributed by atoms with E-state index >= 15 is 0 Å². The van der Waals surface area contributed by atoms with Crippen molar-refractivity contribution in [3.05, 3.63) is 66.0 Å². The maximum Gasteiger partial charge on any atom is 0.127 e. The highest BCUT2D eigenvalue weighted by molar-refractivity contribution is 5.67. The van der Waals surface area contributed by atoms with Crippen LogP contribution in [0.2, 0.25) is 0 Å². The second-order valence-electron chi connectivity index (χ2n) is 4.07. The van der Waals surface area contributed by atoms with Crippen molar-refractivity contribution in [3.8, 4) is 0 Å². The van der Waals surface area contributed by atoms with Crippen LogP contribution in [-0.4, -0.2) is 6.61 Å². The van der Waals surface area contributed by atoms with Crippen LogP contribution in [-0.2, 0) is 11.2 Å². The van der Waals surface area contributed by atoms with Gasteiger partial charge in [0.1, 0.15) is 18.2 Å². The zero-order valence-electron chi connectivity index (χ0n) is 9.71. The van der Waals surface area contributed by atoms with E-state index in [1.54, 1.807) is 6.08 Å². The molecule has 0 aromatic heterocycles. The van der Waals surface area contributed by atoms with Gasteiger partial charge in [-0.25, -0.2) is 4.39 Å². The fraction of sp³-hybridized carbons (Fsp3) is 0.200. The van der Waals surface area contributed by atoms with Gasteiger partial charge >= 0.3 is 0 Å². The second kappa shape index (κ2) is 5.00. The fourth-order valence-electron chi connectivity index (χ4n) is 1.89. The third kappa shape index (κ3) is 2.64. The first kappa shape index (κ1) is 11.6. The Morgan fingerprint density at radius 2 is 2.18 bits per heavy atom. The molecule has 0 saturated carbocycles. The molecular weight excluding hydrogens is 215 g/mol. The van der Waals surface area contributed by atoms with E-state index in [4.69, 9.17) is 4.74 Å². The first-order valence-electron chi connectivity index (χ1n) is 5.62. The molecule has 0 saturated heterocycles. The first-order valence-corrected chi connectivity index (χ1v) is 5.62. The number of aryl methyl sites for hydroxylation is 1. The van der Waals surface area contributed by atoms with Gasteiger partial charge in [0, 0.05) is 5.56 Å². The number of hydrogen-bond donors (Lipinski definition) is 0. The van der Waals surface area contributed by atoms with Crippen LogP contribution >= 0.6 is 0 Å². The molecule has 2 rings (SSSR count). The molecule has 0 bridgehead atoms. The molecule has 1 aromatic rings. The molecule has 0 N–H and O–H groups in total. The summed E-state index contributed by atoms with van der Waals surface area (Å²) in [6, 6.07) is 4.81. The minimum Gasteiger partial charge on any atom is -0.489 e. The van der Waals surface area contributed by atoms with Crippen LogP contribution in [0.15, 0.2) is 49.1 Å². The highest BCUT2D eigenvalue weighted by atomic mass is 19.1. The topological polar surface area (TPSA) is 9.23 Å². The summed E-state index contributed by atoms with van der Waals surface area (Å²) in [4.78, 5) is 0. The Bertz CT molecular complexity index is 486. The van der Waals surface area contributed by atoms with E-state index in [0.29, 0.717) is 12.4 Å². The van der Waals surface area contributed by atoms with E-state index in [2.05, 4.69) is 13.2 Å². The van der Waals surface area contributed by atoms with Gasteiger partial charge in [-0.3, -0.25) is 0 Å². The number of allylic oxidation sites excluding steroid dienone is 2. The zero-order valence-corrected chi connectivity index (χ0v) is 9.71. The van der Waals surface area contributed by atoms with Crippen molar-refractivity contribution >= 4 is 5.76 Å². The average Bonchev–Trinajstić information content (AvgIpc) is 2.47. The van der Waals surface area contributed by atoms with Gasteiger partial charge < -0.3 is 4.74 Å². The maximum absolute atomic E-state index is 13.3. The summed E-state index contributed by atoms with van der Waals surface area (Å²) in [5.74, 6) is 0.436. The van der Waals surface area contributed by atoms with Gasteiger partial charge in [-0.1, -0.05) is 30.9 Å². The van der Waals surface area contributed by atoms with Gasteiger partial charge in [0.25, 0.3) is 0 Å². The van der Waals surface area contributed by atoms with Crippen molar-refractivity contribution in [2.45, 2.75) is 12.8 Å². The number of hydrogen-bond acceptors (Lipinski definition) is 1. The van der Waals surface area contributed by atoms with E-state index in [1.807, 2.05) is 12.1 Å². The van der Waals surface area contributed by atoms with Gasteiger partial charge in [-0.15, -0.1) is 0 Å². The van der Waals surface area contributed by atoms with Crippen LogP contribution in [0.4, 0.5) is 4.39 Å². The van der Waals surface area contributed by atoms with Crippen LogP contribution in [0.1, 0.15) is 17.5 Å². The van der Waals surface area contributed by atoms with E-state index in [-0.39, 0.29) is 5.82 Å². The van der Waals surface area contributed by atoms with Crippen molar-refractivity contribution < 1.29 is 9.13 Å². The largest absolute Gasteiger partial charge is 0.489 e. The molecule has 0 heterocycles. The lowest BCUT2D eigenvalue weighted by molar-refractivity contribution is 0.319. The van der Waals surface area contributed by atoms with Crippen molar-refractivity contribution in [2.75, 3.05) is 6.61 Å². The lowest BCUT2D eigenvalue weighted by Crippen LogP contribution is -1.96. The van der Waals surface area contributed by atoms with Crippen LogP contribution in [0.3, 0.4) is 0 Å². The van der Waals surface area contributed by atoms with Crippen LogP contribution in [0.5, 0.6) is 0 Å². The number of benzene rings is 1. The second-order valence-corrected chi connectivity index (χ2v) is 4.07. The van der Waals surface area contributed by atoms with Crippen molar-refractivity contribution in [1.82, 2.24) is 0 Å². The Morgan fingerprint density at radius 3 is 2.94 bits per heavy atom. The first-order chi connectivity index (χ1) is 8.20. The summed E-state index contributed by atoms with van der Waals surface area (Å²) in [5.41, 5.74) is 2.92. The number of halogens is 1. The fourth-order valence-corrected chi connectivity index (χ4v) is 1.89. The summed E-state index contributed by atoms with van der Waals surface area (Å²) in [6.45, 7) is 7.99. The molecule has 1 aromatic carbocycles. The molecule has 1 aliphatic carbocycles. The summed E-state index contributed by atoms with van der Waals surface area (Å²) in [5, 5.41) is 0. The minimum atomic E-state index is -0.246. The van der Waals surface area contributed by atoms with Crippen molar-refractivity contribution in [2.24, 2.45) is 0 Å². The molecule has 2 heteroatoms. The minimum absolute atomic E-state index is 0.246. The molecule has 0 amide bonds. The Balaban J connectivity index is 2.43. The summed E-state index contributed by atoms with van der Waals surface area (Å²) in [6.07, 6.45) is 5.30. The monoisotopic (exact) mass is 230 g/mol. The predicted octanol–water partition coefficient (Wildman–Crippen LogP) is 3.87.